The third-order valence-electron chi connectivity index (χ3n) is 2.85. The SMILES string of the molecule is NCCCc1nnc(-c2ccc3c(c2)OCCO3)s1. The fourth-order valence-corrected chi connectivity index (χ4v) is 2.78. The van der Waals surface area contributed by atoms with Gasteiger partial charge in [-0.1, -0.05) is 11.3 Å². The zero-order valence-electron chi connectivity index (χ0n) is 10.5. The molecular formula is C13H15N3O2S. The van der Waals surface area contributed by atoms with E-state index in [1.165, 1.54) is 0 Å². The molecule has 0 unspecified atom stereocenters. The Labute approximate surface area is 115 Å². The first-order chi connectivity index (χ1) is 9.36. The van der Waals surface area contributed by atoms with Crippen LogP contribution in [0.1, 0.15) is 11.4 Å². The summed E-state index contributed by atoms with van der Waals surface area (Å²) in [6.07, 6.45) is 1.83. The van der Waals surface area contributed by atoms with Gasteiger partial charge in [0.25, 0.3) is 0 Å². The number of nitrogens with zero attached hydrogens (tertiary/aromatic N) is 2. The molecule has 19 heavy (non-hydrogen) atoms. The van der Waals surface area contributed by atoms with Crippen molar-refractivity contribution in [3.63, 3.8) is 0 Å². The summed E-state index contributed by atoms with van der Waals surface area (Å²) in [6.45, 7) is 1.88. The summed E-state index contributed by atoms with van der Waals surface area (Å²) >= 11 is 1.60. The Morgan fingerprint density at radius 1 is 1.16 bits per heavy atom. The fraction of sp³-hybridized carbons (Fsp3) is 0.385. The van der Waals surface area contributed by atoms with Crippen LogP contribution in [0.25, 0.3) is 10.6 Å². The predicted molar refractivity (Wildman–Crippen MR) is 73.7 cm³/mol. The molecular weight excluding hydrogens is 262 g/mol. The van der Waals surface area contributed by atoms with E-state index < -0.39 is 0 Å². The summed E-state index contributed by atoms with van der Waals surface area (Å²) in [7, 11) is 0. The molecule has 3 rings (SSSR count). The summed E-state index contributed by atoms with van der Waals surface area (Å²) in [4.78, 5) is 0. The van der Waals surface area contributed by atoms with Gasteiger partial charge in [-0.05, 0) is 31.2 Å². The van der Waals surface area contributed by atoms with Gasteiger partial charge in [-0.2, -0.15) is 0 Å². The van der Waals surface area contributed by atoms with Crippen molar-refractivity contribution in [3.05, 3.63) is 23.2 Å². The van der Waals surface area contributed by atoms with E-state index in [9.17, 15) is 0 Å². The fourth-order valence-electron chi connectivity index (χ4n) is 1.90. The van der Waals surface area contributed by atoms with E-state index >= 15 is 0 Å². The van der Waals surface area contributed by atoms with Crippen molar-refractivity contribution in [3.8, 4) is 22.1 Å². The molecule has 0 saturated carbocycles. The van der Waals surface area contributed by atoms with E-state index in [-0.39, 0.29) is 0 Å². The molecule has 1 aliphatic rings. The molecule has 1 aromatic heterocycles. The smallest absolute Gasteiger partial charge is 0.162 e. The van der Waals surface area contributed by atoms with Crippen LogP contribution in [-0.2, 0) is 6.42 Å². The Morgan fingerprint density at radius 2 is 2.00 bits per heavy atom. The number of hydrogen-bond acceptors (Lipinski definition) is 6. The second-order valence-corrected chi connectivity index (χ2v) is 5.31. The van der Waals surface area contributed by atoms with E-state index in [2.05, 4.69) is 10.2 Å². The summed E-state index contributed by atoms with van der Waals surface area (Å²) in [5.41, 5.74) is 6.51. The van der Waals surface area contributed by atoms with E-state index in [1.807, 2.05) is 18.2 Å². The molecule has 0 atom stereocenters. The van der Waals surface area contributed by atoms with Gasteiger partial charge in [0.15, 0.2) is 11.5 Å². The standard InChI is InChI=1S/C13H15N3O2S/c14-5-1-2-12-15-16-13(19-12)9-3-4-10-11(8-9)18-7-6-17-10/h3-4,8H,1-2,5-7,14H2. The summed E-state index contributed by atoms with van der Waals surface area (Å²) < 4.78 is 11.1. The highest BCUT2D eigenvalue weighted by atomic mass is 32.1. The number of ether oxygens (including phenoxy) is 2. The minimum absolute atomic E-state index is 0.592. The lowest BCUT2D eigenvalue weighted by Gasteiger charge is -2.18. The number of benzene rings is 1. The van der Waals surface area contributed by atoms with Gasteiger partial charge in [-0.3, -0.25) is 0 Å². The van der Waals surface area contributed by atoms with Crippen LogP contribution in [0.15, 0.2) is 18.2 Å². The molecule has 0 saturated heterocycles. The normalized spacial score (nSPS) is 13.5. The maximum atomic E-state index is 5.57. The van der Waals surface area contributed by atoms with Gasteiger partial charge in [-0.15, -0.1) is 10.2 Å². The van der Waals surface area contributed by atoms with Gasteiger partial charge in [0.2, 0.25) is 0 Å². The molecule has 0 radical (unpaired) electrons. The van der Waals surface area contributed by atoms with Crippen molar-refractivity contribution in [1.82, 2.24) is 10.2 Å². The highest BCUT2D eigenvalue weighted by molar-refractivity contribution is 7.14. The molecule has 1 aromatic carbocycles. The van der Waals surface area contributed by atoms with Crippen molar-refractivity contribution < 1.29 is 9.47 Å². The van der Waals surface area contributed by atoms with E-state index in [4.69, 9.17) is 15.2 Å². The van der Waals surface area contributed by atoms with Crippen molar-refractivity contribution in [2.75, 3.05) is 19.8 Å². The Balaban J connectivity index is 1.83. The number of hydrogen-bond donors (Lipinski definition) is 1. The summed E-state index contributed by atoms with van der Waals surface area (Å²) in [5.74, 6) is 1.57. The molecule has 100 valence electrons. The lowest BCUT2D eigenvalue weighted by Crippen LogP contribution is -2.15. The van der Waals surface area contributed by atoms with Crippen molar-refractivity contribution in [1.29, 1.82) is 0 Å². The van der Waals surface area contributed by atoms with Gasteiger partial charge in [-0.25, -0.2) is 0 Å². The molecule has 0 spiro atoms. The summed E-state index contributed by atoms with van der Waals surface area (Å²) in [6, 6.07) is 5.87. The number of nitrogens with two attached hydrogens (primary N) is 1. The van der Waals surface area contributed by atoms with Gasteiger partial charge < -0.3 is 15.2 Å². The molecule has 0 amide bonds. The lowest BCUT2D eigenvalue weighted by molar-refractivity contribution is 0.171. The zero-order chi connectivity index (χ0) is 13.1. The molecule has 0 fully saturated rings. The third kappa shape index (κ3) is 2.69. The number of aryl methyl sites for hydroxylation is 1. The van der Waals surface area contributed by atoms with Crippen LogP contribution in [0.3, 0.4) is 0 Å². The molecule has 0 bridgehead atoms. The van der Waals surface area contributed by atoms with Crippen LogP contribution in [0.5, 0.6) is 11.5 Å². The molecule has 1 aliphatic heterocycles. The average molecular weight is 277 g/mol. The van der Waals surface area contributed by atoms with E-state index in [0.29, 0.717) is 19.8 Å². The minimum Gasteiger partial charge on any atom is -0.486 e. The largest absolute Gasteiger partial charge is 0.486 e. The van der Waals surface area contributed by atoms with Crippen LogP contribution in [0.4, 0.5) is 0 Å². The third-order valence-corrected chi connectivity index (χ3v) is 3.88. The monoisotopic (exact) mass is 277 g/mol. The molecule has 0 aliphatic carbocycles. The first-order valence-corrected chi connectivity index (χ1v) is 7.11. The second-order valence-electron chi connectivity index (χ2n) is 4.25. The lowest BCUT2D eigenvalue weighted by atomic mass is 10.2. The minimum atomic E-state index is 0.592. The highest BCUT2D eigenvalue weighted by Crippen LogP contribution is 2.35. The van der Waals surface area contributed by atoms with Gasteiger partial charge in [0.05, 0.1) is 0 Å². The number of rotatable bonds is 4. The van der Waals surface area contributed by atoms with Crippen molar-refractivity contribution in [2.45, 2.75) is 12.8 Å². The summed E-state index contributed by atoms with van der Waals surface area (Å²) in [5, 5.41) is 10.3. The predicted octanol–water partition coefficient (Wildman–Crippen LogP) is 1.87. The zero-order valence-corrected chi connectivity index (χ0v) is 11.3. The maximum absolute atomic E-state index is 5.57. The first-order valence-electron chi connectivity index (χ1n) is 6.29. The topological polar surface area (TPSA) is 70.3 Å². The quantitative estimate of drug-likeness (QED) is 0.923. The van der Waals surface area contributed by atoms with Gasteiger partial charge in [0.1, 0.15) is 23.2 Å². The highest BCUT2D eigenvalue weighted by Gasteiger charge is 2.14. The Kier molecular flexibility index (Phi) is 3.61. The van der Waals surface area contributed by atoms with Gasteiger partial charge >= 0.3 is 0 Å². The Morgan fingerprint density at radius 3 is 2.84 bits per heavy atom. The number of fused-ring (bicyclic) bond motifs is 1. The van der Waals surface area contributed by atoms with Crippen LogP contribution in [0.2, 0.25) is 0 Å². The van der Waals surface area contributed by atoms with Gasteiger partial charge in [0, 0.05) is 12.0 Å². The Hall–Kier alpha value is -1.66. The number of aromatic nitrogens is 2. The molecule has 5 nitrogen and oxygen atoms in total. The van der Waals surface area contributed by atoms with Crippen molar-refractivity contribution in [2.24, 2.45) is 5.73 Å². The molecule has 2 N–H and O–H groups in total. The average Bonchev–Trinajstić information content (AvgIpc) is 2.93. The first kappa shape index (κ1) is 12.4. The van der Waals surface area contributed by atoms with Crippen LogP contribution >= 0.6 is 11.3 Å². The van der Waals surface area contributed by atoms with Crippen LogP contribution in [-0.4, -0.2) is 30.0 Å². The molecule has 2 aromatic rings. The molecule has 6 heteroatoms. The maximum Gasteiger partial charge on any atom is 0.162 e. The van der Waals surface area contributed by atoms with Crippen LogP contribution in [0, 0.1) is 0 Å². The van der Waals surface area contributed by atoms with Crippen LogP contribution < -0.4 is 15.2 Å². The van der Waals surface area contributed by atoms with E-state index in [0.717, 1.165) is 39.9 Å². The van der Waals surface area contributed by atoms with Crippen molar-refractivity contribution >= 4 is 11.3 Å². The second kappa shape index (κ2) is 5.54. The van der Waals surface area contributed by atoms with E-state index in [1.54, 1.807) is 11.3 Å². The molecule has 2 heterocycles. The Bertz CT molecular complexity index is 571.